The molecule has 0 aliphatic heterocycles. The van der Waals surface area contributed by atoms with Gasteiger partial charge in [0, 0.05) is 25.4 Å². The summed E-state index contributed by atoms with van der Waals surface area (Å²) >= 11 is 0. The second-order valence-electron chi connectivity index (χ2n) is 6.25. The first-order chi connectivity index (χ1) is 13.7. The van der Waals surface area contributed by atoms with E-state index in [1.54, 1.807) is 24.3 Å². The highest BCUT2D eigenvalue weighted by atomic mass is 19.4. The molecule has 0 fully saturated rings. The summed E-state index contributed by atoms with van der Waals surface area (Å²) in [5, 5.41) is 4.43. The van der Waals surface area contributed by atoms with Gasteiger partial charge in [0.15, 0.2) is 5.82 Å². The third kappa shape index (κ3) is 5.28. The molecule has 0 saturated carbocycles. The standard InChI is InChI=1S/C20H16F3N3O3.H2/c1-13(28)2-11-18-24-19(15-5-3-14(12-27)4-6-15)25-26(18)16-7-9-17(10-8-16)29-20(21,22)23;/h3-10,12H,2,11H2,1H3;1H. The molecule has 0 atom stereocenters. The molecule has 0 amide bonds. The number of carbonyl (C=O) groups is 2. The molecule has 1 aromatic heterocycles. The van der Waals surface area contributed by atoms with E-state index < -0.39 is 6.36 Å². The molecule has 3 aromatic rings. The number of alkyl halides is 3. The van der Waals surface area contributed by atoms with Gasteiger partial charge in [0.1, 0.15) is 23.6 Å². The zero-order chi connectivity index (χ0) is 21.0. The molecule has 0 saturated heterocycles. The van der Waals surface area contributed by atoms with Gasteiger partial charge < -0.3 is 9.53 Å². The van der Waals surface area contributed by atoms with Crippen molar-refractivity contribution in [1.29, 1.82) is 0 Å². The monoisotopic (exact) mass is 405 g/mol. The van der Waals surface area contributed by atoms with Crippen molar-refractivity contribution >= 4 is 12.1 Å². The average molecular weight is 405 g/mol. The van der Waals surface area contributed by atoms with Crippen LogP contribution >= 0.6 is 0 Å². The number of rotatable bonds is 7. The van der Waals surface area contributed by atoms with Crippen LogP contribution in [-0.2, 0) is 11.2 Å². The lowest BCUT2D eigenvalue weighted by molar-refractivity contribution is -0.274. The molecule has 0 aliphatic carbocycles. The molecular weight excluding hydrogens is 387 g/mol. The Balaban J connectivity index is 0.00000320. The summed E-state index contributed by atoms with van der Waals surface area (Å²) in [6.07, 6.45) is -3.49. The largest absolute Gasteiger partial charge is 0.573 e. The zero-order valence-corrected chi connectivity index (χ0v) is 15.3. The second kappa shape index (κ2) is 8.26. The van der Waals surface area contributed by atoms with E-state index in [0.29, 0.717) is 34.9 Å². The normalized spacial score (nSPS) is 11.3. The Labute approximate surface area is 165 Å². The molecule has 0 N–H and O–H groups in total. The molecular formula is C20H18F3N3O3. The van der Waals surface area contributed by atoms with E-state index in [2.05, 4.69) is 14.8 Å². The number of hydrogen-bond acceptors (Lipinski definition) is 5. The molecule has 0 bridgehead atoms. The molecule has 29 heavy (non-hydrogen) atoms. The summed E-state index contributed by atoms with van der Waals surface area (Å²) in [7, 11) is 0. The first-order valence-corrected chi connectivity index (χ1v) is 8.62. The number of aromatic nitrogens is 3. The van der Waals surface area contributed by atoms with E-state index >= 15 is 0 Å². The fraction of sp³-hybridized carbons (Fsp3) is 0.200. The van der Waals surface area contributed by atoms with Crippen LogP contribution in [0.2, 0.25) is 0 Å². The first kappa shape index (κ1) is 20.2. The van der Waals surface area contributed by atoms with Gasteiger partial charge in [-0.05, 0) is 31.2 Å². The highest BCUT2D eigenvalue weighted by Crippen LogP contribution is 2.25. The van der Waals surface area contributed by atoms with Gasteiger partial charge in [-0.25, -0.2) is 9.67 Å². The fourth-order valence-corrected chi connectivity index (χ4v) is 2.62. The average Bonchev–Trinajstić information content (AvgIpc) is 3.10. The summed E-state index contributed by atoms with van der Waals surface area (Å²) < 4.78 is 42.4. The third-order valence-corrected chi connectivity index (χ3v) is 3.99. The summed E-state index contributed by atoms with van der Waals surface area (Å²) in [6, 6.07) is 11.8. The van der Waals surface area contributed by atoms with Gasteiger partial charge in [-0.3, -0.25) is 4.79 Å². The molecule has 152 valence electrons. The maximum atomic E-state index is 12.3. The molecule has 2 aromatic carbocycles. The Kier molecular flexibility index (Phi) is 5.76. The topological polar surface area (TPSA) is 74.1 Å². The van der Waals surface area contributed by atoms with Crippen LogP contribution in [0.25, 0.3) is 17.1 Å². The molecule has 0 radical (unpaired) electrons. The summed E-state index contributed by atoms with van der Waals surface area (Å²) in [5.41, 5.74) is 1.64. The van der Waals surface area contributed by atoms with Crippen LogP contribution in [0, 0.1) is 0 Å². The zero-order valence-electron chi connectivity index (χ0n) is 15.3. The van der Waals surface area contributed by atoms with Crippen LogP contribution in [0.3, 0.4) is 0 Å². The van der Waals surface area contributed by atoms with E-state index in [1.165, 1.54) is 35.9 Å². The molecule has 0 aliphatic rings. The molecule has 9 heteroatoms. The predicted molar refractivity (Wildman–Crippen MR) is 100.0 cm³/mol. The molecule has 6 nitrogen and oxygen atoms in total. The number of carbonyl (C=O) groups excluding carboxylic acids is 2. The molecule has 0 unspecified atom stereocenters. The van der Waals surface area contributed by atoms with Crippen molar-refractivity contribution < 1.29 is 28.9 Å². The number of ether oxygens (including phenoxy) is 1. The SMILES string of the molecule is CC(=O)CCc1nc(-c2ccc(C=O)cc2)nn1-c1ccc(OC(F)(F)F)cc1.[HH]. The van der Waals surface area contributed by atoms with Gasteiger partial charge in [-0.2, -0.15) is 0 Å². The minimum Gasteiger partial charge on any atom is -0.406 e. The van der Waals surface area contributed by atoms with Crippen molar-refractivity contribution in [2.75, 3.05) is 0 Å². The van der Waals surface area contributed by atoms with Gasteiger partial charge in [0.05, 0.1) is 5.69 Å². The number of nitrogens with zero attached hydrogens (tertiary/aromatic N) is 3. The number of Topliss-reactive ketones (excluding diaryl/α,β-unsaturated/α-hetero) is 1. The number of aldehydes is 1. The van der Waals surface area contributed by atoms with Crippen LogP contribution in [0.5, 0.6) is 5.75 Å². The number of hydrogen-bond donors (Lipinski definition) is 0. The van der Waals surface area contributed by atoms with Gasteiger partial charge in [0.2, 0.25) is 0 Å². The van der Waals surface area contributed by atoms with Gasteiger partial charge in [-0.1, -0.05) is 24.3 Å². The van der Waals surface area contributed by atoms with Crippen LogP contribution < -0.4 is 4.74 Å². The van der Waals surface area contributed by atoms with E-state index in [4.69, 9.17) is 0 Å². The Hall–Kier alpha value is -3.49. The summed E-state index contributed by atoms with van der Waals surface area (Å²) in [6.45, 7) is 1.46. The predicted octanol–water partition coefficient (Wildman–Crippen LogP) is 4.41. The van der Waals surface area contributed by atoms with Crippen LogP contribution in [0.1, 0.15) is 31.0 Å². The summed E-state index contributed by atoms with van der Waals surface area (Å²) in [4.78, 5) is 26.7. The van der Waals surface area contributed by atoms with E-state index in [1.807, 2.05) is 0 Å². The van der Waals surface area contributed by atoms with Crippen LogP contribution in [0.15, 0.2) is 48.5 Å². The first-order valence-electron chi connectivity index (χ1n) is 8.62. The third-order valence-electron chi connectivity index (χ3n) is 3.99. The van der Waals surface area contributed by atoms with Crippen molar-refractivity contribution in [3.05, 3.63) is 59.9 Å². The minimum atomic E-state index is -4.78. The highest BCUT2D eigenvalue weighted by Gasteiger charge is 2.31. The van der Waals surface area contributed by atoms with Crippen molar-refractivity contribution in [2.24, 2.45) is 0 Å². The van der Waals surface area contributed by atoms with Crippen LogP contribution in [0.4, 0.5) is 13.2 Å². The van der Waals surface area contributed by atoms with Gasteiger partial charge in [-0.15, -0.1) is 18.3 Å². The minimum absolute atomic E-state index is 0. The molecule has 0 spiro atoms. The van der Waals surface area contributed by atoms with Crippen molar-refractivity contribution in [1.82, 2.24) is 14.8 Å². The quantitative estimate of drug-likeness (QED) is 0.544. The molecule has 1 heterocycles. The number of benzene rings is 2. The number of aryl methyl sites for hydroxylation is 1. The lowest BCUT2D eigenvalue weighted by Crippen LogP contribution is -2.17. The van der Waals surface area contributed by atoms with E-state index in [0.717, 1.165) is 6.29 Å². The Morgan fingerprint density at radius 3 is 2.34 bits per heavy atom. The Bertz CT molecular complexity index is 1020. The van der Waals surface area contributed by atoms with Crippen molar-refractivity contribution in [3.63, 3.8) is 0 Å². The van der Waals surface area contributed by atoms with Gasteiger partial charge >= 0.3 is 6.36 Å². The van der Waals surface area contributed by atoms with Crippen molar-refractivity contribution in [3.8, 4) is 22.8 Å². The Morgan fingerprint density at radius 2 is 1.79 bits per heavy atom. The fourth-order valence-electron chi connectivity index (χ4n) is 2.62. The van der Waals surface area contributed by atoms with E-state index in [9.17, 15) is 22.8 Å². The van der Waals surface area contributed by atoms with E-state index in [-0.39, 0.29) is 19.4 Å². The highest BCUT2D eigenvalue weighted by molar-refractivity contribution is 5.76. The smallest absolute Gasteiger partial charge is 0.406 e. The lowest BCUT2D eigenvalue weighted by atomic mass is 10.1. The maximum Gasteiger partial charge on any atom is 0.573 e. The Morgan fingerprint density at radius 1 is 1.14 bits per heavy atom. The maximum absolute atomic E-state index is 12.3. The van der Waals surface area contributed by atoms with Crippen LogP contribution in [-0.4, -0.2) is 33.2 Å². The molecule has 3 rings (SSSR count). The summed E-state index contributed by atoms with van der Waals surface area (Å²) in [5.74, 6) is 0.484. The van der Waals surface area contributed by atoms with Gasteiger partial charge in [0.25, 0.3) is 0 Å². The van der Waals surface area contributed by atoms with Crippen molar-refractivity contribution in [2.45, 2.75) is 26.1 Å². The number of halogens is 3. The number of ketones is 1. The second-order valence-corrected chi connectivity index (χ2v) is 6.25. The lowest BCUT2D eigenvalue weighted by Gasteiger charge is -2.10.